The van der Waals surface area contributed by atoms with Crippen LogP contribution in [-0.2, 0) is 9.53 Å². The van der Waals surface area contributed by atoms with E-state index in [2.05, 4.69) is 15.9 Å². The summed E-state index contributed by atoms with van der Waals surface area (Å²) < 4.78 is 5.93. The van der Waals surface area contributed by atoms with E-state index in [-0.39, 0.29) is 5.97 Å². The van der Waals surface area contributed by atoms with Crippen molar-refractivity contribution in [3.8, 4) is 0 Å². The summed E-state index contributed by atoms with van der Waals surface area (Å²) in [6.45, 7) is 3.69. The molecular formula is C12H13BrO2. The molecule has 0 unspecified atom stereocenters. The summed E-state index contributed by atoms with van der Waals surface area (Å²) in [5.41, 5.74) is 2.11. The smallest absolute Gasteiger partial charge is 0.302 e. The van der Waals surface area contributed by atoms with E-state index in [1.807, 2.05) is 37.3 Å². The van der Waals surface area contributed by atoms with Crippen LogP contribution in [0.25, 0.3) is 6.08 Å². The Kier molecular flexibility index (Phi) is 4.56. The van der Waals surface area contributed by atoms with Crippen molar-refractivity contribution < 1.29 is 9.53 Å². The molecule has 2 nitrogen and oxygen atoms in total. The minimum Gasteiger partial charge on any atom is -0.461 e. The summed E-state index contributed by atoms with van der Waals surface area (Å²) in [6.07, 6.45) is 1.99. The van der Waals surface area contributed by atoms with E-state index in [9.17, 15) is 4.79 Å². The molecule has 15 heavy (non-hydrogen) atoms. The highest BCUT2D eigenvalue weighted by Gasteiger charge is 1.95. The Hall–Kier alpha value is -1.09. The van der Waals surface area contributed by atoms with Crippen LogP contribution in [0.5, 0.6) is 0 Å². The topological polar surface area (TPSA) is 26.3 Å². The minimum atomic E-state index is -0.253. The summed E-state index contributed by atoms with van der Waals surface area (Å²) in [5, 5.41) is 0. The van der Waals surface area contributed by atoms with Crippen molar-refractivity contribution >= 4 is 28.0 Å². The Balaban J connectivity index is 2.65. The summed E-state index contributed by atoms with van der Waals surface area (Å²) in [5.74, 6) is -0.253. The van der Waals surface area contributed by atoms with Crippen molar-refractivity contribution in [1.29, 1.82) is 0 Å². The van der Waals surface area contributed by atoms with E-state index in [1.54, 1.807) is 0 Å². The van der Waals surface area contributed by atoms with Crippen LogP contribution in [-0.4, -0.2) is 12.6 Å². The van der Waals surface area contributed by atoms with Crippen LogP contribution in [0, 0.1) is 0 Å². The van der Waals surface area contributed by atoms with E-state index >= 15 is 0 Å². The van der Waals surface area contributed by atoms with Gasteiger partial charge in [-0.05, 0) is 30.2 Å². The molecule has 80 valence electrons. The Morgan fingerprint density at radius 3 is 2.80 bits per heavy atom. The van der Waals surface area contributed by atoms with Crippen molar-refractivity contribution in [2.75, 3.05) is 6.61 Å². The monoisotopic (exact) mass is 268 g/mol. The molecule has 1 aromatic carbocycles. The summed E-state index contributed by atoms with van der Waals surface area (Å²) >= 11 is 3.40. The largest absolute Gasteiger partial charge is 0.461 e. The van der Waals surface area contributed by atoms with Gasteiger partial charge in [0.2, 0.25) is 0 Å². The van der Waals surface area contributed by atoms with Crippen LogP contribution in [0.3, 0.4) is 0 Å². The number of hydrogen-bond acceptors (Lipinski definition) is 2. The van der Waals surface area contributed by atoms with Gasteiger partial charge in [0.25, 0.3) is 0 Å². The van der Waals surface area contributed by atoms with Crippen LogP contribution in [0.2, 0.25) is 0 Å². The molecular weight excluding hydrogens is 256 g/mol. The molecule has 0 atom stereocenters. The zero-order valence-corrected chi connectivity index (χ0v) is 10.4. The fourth-order valence-electron chi connectivity index (χ4n) is 1.14. The van der Waals surface area contributed by atoms with Gasteiger partial charge in [-0.3, -0.25) is 4.79 Å². The summed E-state index contributed by atoms with van der Waals surface area (Å²) in [6, 6.07) is 7.95. The first-order valence-electron chi connectivity index (χ1n) is 4.64. The number of carbonyl (C=O) groups excluding carboxylic acids is 1. The summed E-state index contributed by atoms with van der Waals surface area (Å²) in [4.78, 5) is 10.6. The number of hydrogen-bond donors (Lipinski definition) is 0. The predicted molar refractivity (Wildman–Crippen MR) is 64.4 cm³/mol. The molecule has 3 heteroatoms. The Bertz CT molecular complexity index is 383. The zero-order chi connectivity index (χ0) is 11.3. The van der Waals surface area contributed by atoms with Gasteiger partial charge in [-0.2, -0.15) is 0 Å². The van der Waals surface area contributed by atoms with E-state index in [0.29, 0.717) is 6.61 Å². The zero-order valence-electron chi connectivity index (χ0n) is 8.79. The van der Waals surface area contributed by atoms with Crippen LogP contribution in [0.1, 0.15) is 19.4 Å². The summed E-state index contributed by atoms with van der Waals surface area (Å²) in [7, 11) is 0. The highest BCUT2D eigenvalue weighted by atomic mass is 79.9. The molecule has 0 heterocycles. The van der Waals surface area contributed by atoms with E-state index in [0.717, 1.165) is 15.6 Å². The molecule has 1 aromatic rings. The minimum absolute atomic E-state index is 0.253. The molecule has 0 fully saturated rings. The second-order valence-electron chi connectivity index (χ2n) is 3.33. The van der Waals surface area contributed by atoms with Gasteiger partial charge >= 0.3 is 5.97 Å². The number of carbonyl (C=O) groups is 1. The second kappa shape index (κ2) is 5.71. The van der Waals surface area contributed by atoms with Gasteiger partial charge in [0.05, 0.1) is 0 Å². The van der Waals surface area contributed by atoms with Crippen molar-refractivity contribution in [2.24, 2.45) is 0 Å². The quantitative estimate of drug-likeness (QED) is 0.786. The SMILES string of the molecule is CC(=O)OCC(C)=Cc1cccc(Br)c1. The number of rotatable bonds is 3. The van der Waals surface area contributed by atoms with Gasteiger partial charge in [-0.15, -0.1) is 0 Å². The van der Waals surface area contributed by atoms with Gasteiger partial charge < -0.3 is 4.74 Å². The molecule has 0 bridgehead atoms. The Morgan fingerprint density at radius 1 is 1.47 bits per heavy atom. The fourth-order valence-corrected chi connectivity index (χ4v) is 1.55. The highest BCUT2D eigenvalue weighted by molar-refractivity contribution is 9.10. The molecule has 0 saturated carbocycles. The molecule has 0 saturated heterocycles. The molecule has 0 aliphatic carbocycles. The standard InChI is InChI=1S/C12H13BrO2/c1-9(8-15-10(2)14)6-11-4-3-5-12(13)7-11/h3-7H,8H2,1-2H3. The van der Waals surface area contributed by atoms with Crippen LogP contribution in [0.4, 0.5) is 0 Å². The molecule has 0 radical (unpaired) electrons. The third kappa shape index (κ3) is 4.79. The Morgan fingerprint density at radius 2 is 2.20 bits per heavy atom. The molecule has 0 amide bonds. The third-order valence-electron chi connectivity index (χ3n) is 1.76. The van der Waals surface area contributed by atoms with Crippen LogP contribution in [0.15, 0.2) is 34.3 Å². The van der Waals surface area contributed by atoms with Gasteiger partial charge in [0.1, 0.15) is 6.61 Å². The van der Waals surface area contributed by atoms with Gasteiger partial charge in [0, 0.05) is 11.4 Å². The average Bonchev–Trinajstić information content (AvgIpc) is 2.15. The van der Waals surface area contributed by atoms with Crippen molar-refractivity contribution in [3.05, 3.63) is 39.9 Å². The van der Waals surface area contributed by atoms with E-state index in [4.69, 9.17) is 4.74 Å². The first kappa shape index (κ1) is 12.0. The molecule has 0 aromatic heterocycles. The predicted octanol–water partition coefficient (Wildman–Crippen LogP) is 3.42. The maximum Gasteiger partial charge on any atom is 0.302 e. The second-order valence-corrected chi connectivity index (χ2v) is 4.24. The third-order valence-corrected chi connectivity index (χ3v) is 2.26. The maximum absolute atomic E-state index is 10.6. The Labute approximate surface area is 98.1 Å². The van der Waals surface area contributed by atoms with Crippen LogP contribution < -0.4 is 0 Å². The molecule has 1 rings (SSSR count). The average molecular weight is 269 g/mol. The van der Waals surface area contributed by atoms with Crippen molar-refractivity contribution in [3.63, 3.8) is 0 Å². The first-order chi connectivity index (χ1) is 7.08. The van der Waals surface area contributed by atoms with Crippen molar-refractivity contribution in [1.82, 2.24) is 0 Å². The number of esters is 1. The molecule has 0 aliphatic rings. The lowest BCUT2D eigenvalue weighted by atomic mass is 10.1. The maximum atomic E-state index is 10.6. The highest BCUT2D eigenvalue weighted by Crippen LogP contribution is 2.14. The number of halogens is 1. The van der Waals surface area contributed by atoms with E-state index in [1.165, 1.54) is 6.92 Å². The van der Waals surface area contributed by atoms with Gasteiger partial charge in [0.15, 0.2) is 0 Å². The lowest BCUT2D eigenvalue weighted by molar-refractivity contribution is -0.139. The fraction of sp³-hybridized carbons (Fsp3) is 0.250. The van der Waals surface area contributed by atoms with Gasteiger partial charge in [-0.25, -0.2) is 0 Å². The van der Waals surface area contributed by atoms with Crippen molar-refractivity contribution in [2.45, 2.75) is 13.8 Å². The van der Waals surface area contributed by atoms with Crippen LogP contribution >= 0.6 is 15.9 Å². The first-order valence-corrected chi connectivity index (χ1v) is 5.43. The number of benzene rings is 1. The normalized spacial score (nSPS) is 11.3. The lowest BCUT2D eigenvalue weighted by Crippen LogP contribution is -2.01. The molecule has 0 spiro atoms. The molecule has 0 aliphatic heterocycles. The van der Waals surface area contributed by atoms with Gasteiger partial charge in [-0.1, -0.05) is 34.1 Å². The van der Waals surface area contributed by atoms with E-state index < -0.39 is 0 Å². The lowest BCUT2D eigenvalue weighted by Gasteiger charge is -2.02. The molecule has 0 N–H and O–H groups in total. The number of ether oxygens (including phenoxy) is 1.